The SMILES string of the molecule is Cc1csc(-c2nc(N)c3cc(C(=O)NCc4ccccn4)sc3n2)n1. The summed E-state index contributed by atoms with van der Waals surface area (Å²) in [6.07, 6.45) is 1.69. The molecule has 9 heteroatoms. The van der Waals surface area contributed by atoms with E-state index >= 15 is 0 Å². The standard InChI is InChI=1S/C17H14N6OS2/c1-9-8-25-17(21-9)14-22-13(18)11-6-12(26-16(11)23-14)15(24)20-7-10-4-2-3-5-19-10/h2-6,8H,7H2,1H3,(H,20,24)(H2,18,22,23). The second kappa shape index (κ2) is 6.77. The summed E-state index contributed by atoms with van der Waals surface area (Å²) in [5, 5.41) is 6.18. The number of nitrogens with zero attached hydrogens (tertiary/aromatic N) is 4. The van der Waals surface area contributed by atoms with Crippen molar-refractivity contribution in [3.05, 3.63) is 52.1 Å². The average Bonchev–Trinajstić information content (AvgIpc) is 3.27. The molecule has 3 N–H and O–H groups in total. The topological polar surface area (TPSA) is 107 Å². The fraction of sp³-hybridized carbons (Fsp3) is 0.118. The molecule has 0 unspecified atom stereocenters. The molecule has 130 valence electrons. The Hall–Kier alpha value is -2.91. The molecule has 4 rings (SSSR count). The van der Waals surface area contributed by atoms with Crippen LogP contribution in [0.2, 0.25) is 0 Å². The first-order valence-corrected chi connectivity index (χ1v) is 9.47. The molecule has 26 heavy (non-hydrogen) atoms. The van der Waals surface area contributed by atoms with Crippen LogP contribution in [0.15, 0.2) is 35.8 Å². The van der Waals surface area contributed by atoms with Crippen LogP contribution in [-0.4, -0.2) is 25.8 Å². The minimum atomic E-state index is -0.190. The number of nitrogens with one attached hydrogen (secondary N) is 1. The maximum absolute atomic E-state index is 12.4. The summed E-state index contributed by atoms with van der Waals surface area (Å²) in [5.74, 6) is 0.637. The molecular weight excluding hydrogens is 368 g/mol. The van der Waals surface area contributed by atoms with Crippen LogP contribution in [0.5, 0.6) is 0 Å². The van der Waals surface area contributed by atoms with E-state index < -0.39 is 0 Å². The number of carbonyl (C=O) groups excluding carboxylic acids is 1. The zero-order chi connectivity index (χ0) is 18.1. The first-order chi connectivity index (χ1) is 12.6. The van der Waals surface area contributed by atoms with Crippen LogP contribution in [0.25, 0.3) is 21.0 Å². The molecule has 0 saturated heterocycles. The molecule has 0 aliphatic carbocycles. The number of rotatable bonds is 4. The number of thiazole rings is 1. The molecule has 4 heterocycles. The minimum absolute atomic E-state index is 0.190. The summed E-state index contributed by atoms with van der Waals surface area (Å²) in [6, 6.07) is 7.29. The second-order valence-corrected chi connectivity index (χ2v) is 7.45. The minimum Gasteiger partial charge on any atom is -0.383 e. The van der Waals surface area contributed by atoms with E-state index in [0.29, 0.717) is 38.3 Å². The Bertz CT molecular complexity index is 1090. The number of hydrogen-bond acceptors (Lipinski definition) is 8. The number of aryl methyl sites for hydroxylation is 1. The number of nitrogen functional groups attached to an aromatic ring is 1. The maximum Gasteiger partial charge on any atom is 0.261 e. The molecule has 0 aliphatic rings. The Morgan fingerprint density at radius 3 is 2.88 bits per heavy atom. The van der Waals surface area contributed by atoms with Gasteiger partial charge in [-0.25, -0.2) is 15.0 Å². The van der Waals surface area contributed by atoms with E-state index in [4.69, 9.17) is 5.73 Å². The smallest absolute Gasteiger partial charge is 0.261 e. The van der Waals surface area contributed by atoms with Gasteiger partial charge in [-0.15, -0.1) is 22.7 Å². The molecule has 7 nitrogen and oxygen atoms in total. The Balaban J connectivity index is 1.60. The van der Waals surface area contributed by atoms with Gasteiger partial charge in [0.15, 0.2) is 10.8 Å². The summed E-state index contributed by atoms with van der Waals surface area (Å²) in [7, 11) is 0. The van der Waals surface area contributed by atoms with E-state index in [1.807, 2.05) is 30.5 Å². The summed E-state index contributed by atoms with van der Waals surface area (Å²) < 4.78 is 0. The monoisotopic (exact) mass is 382 g/mol. The van der Waals surface area contributed by atoms with Gasteiger partial charge in [-0.1, -0.05) is 6.07 Å². The number of carbonyl (C=O) groups is 1. The molecular formula is C17H14N6OS2. The van der Waals surface area contributed by atoms with Gasteiger partial charge in [0.1, 0.15) is 10.6 Å². The number of fused-ring (bicyclic) bond motifs is 1. The first-order valence-electron chi connectivity index (χ1n) is 7.78. The zero-order valence-corrected chi connectivity index (χ0v) is 15.4. The number of pyridine rings is 1. The highest BCUT2D eigenvalue weighted by Crippen LogP contribution is 2.30. The van der Waals surface area contributed by atoms with Crippen LogP contribution in [0.1, 0.15) is 21.1 Å². The van der Waals surface area contributed by atoms with Crippen LogP contribution < -0.4 is 11.1 Å². The van der Waals surface area contributed by atoms with Crippen molar-refractivity contribution < 1.29 is 4.79 Å². The summed E-state index contributed by atoms with van der Waals surface area (Å²) in [6.45, 7) is 2.27. The number of hydrogen-bond donors (Lipinski definition) is 2. The lowest BCUT2D eigenvalue weighted by atomic mass is 10.3. The fourth-order valence-corrected chi connectivity index (χ4v) is 4.05. The van der Waals surface area contributed by atoms with Crippen molar-refractivity contribution in [3.63, 3.8) is 0 Å². The van der Waals surface area contributed by atoms with Crippen molar-refractivity contribution in [2.75, 3.05) is 5.73 Å². The lowest BCUT2D eigenvalue weighted by Crippen LogP contribution is -2.22. The van der Waals surface area contributed by atoms with E-state index in [9.17, 15) is 4.79 Å². The van der Waals surface area contributed by atoms with Gasteiger partial charge in [0, 0.05) is 17.3 Å². The third kappa shape index (κ3) is 3.26. The highest BCUT2D eigenvalue weighted by molar-refractivity contribution is 7.20. The molecule has 0 aliphatic heterocycles. The molecule has 0 radical (unpaired) electrons. The van der Waals surface area contributed by atoms with E-state index in [1.54, 1.807) is 12.3 Å². The van der Waals surface area contributed by atoms with Gasteiger partial charge >= 0.3 is 0 Å². The Labute approximate surface area is 157 Å². The molecule has 1 amide bonds. The first kappa shape index (κ1) is 16.6. The van der Waals surface area contributed by atoms with Crippen LogP contribution in [0.4, 0.5) is 5.82 Å². The number of amides is 1. The highest BCUT2D eigenvalue weighted by atomic mass is 32.1. The van der Waals surface area contributed by atoms with E-state index in [-0.39, 0.29) is 5.91 Å². The van der Waals surface area contributed by atoms with Gasteiger partial charge in [0.25, 0.3) is 5.91 Å². The number of anilines is 1. The van der Waals surface area contributed by atoms with Crippen LogP contribution in [0.3, 0.4) is 0 Å². The lowest BCUT2D eigenvalue weighted by molar-refractivity contribution is 0.0954. The number of nitrogens with two attached hydrogens (primary N) is 1. The largest absolute Gasteiger partial charge is 0.383 e. The van der Waals surface area contributed by atoms with Crippen LogP contribution in [-0.2, 0) is 6.54 Å². The quantitative estimate of drug-likeness (QED) is 0.562. The molecule has 0 fully saturated rings. The van der Waals surface area contributed by atoms with Crippen molar-refractivity contribution in [2.45, 2.75) is 13.5 Å². The van der Waals surface area contributed by atoms with Crippen molar-refractivity contribution in [3.8, 4) is 10.8 Å². The summed E-state index contributed by atoms with van der Waals surface area (Å²) in [4.78, 5) is 31.1. The zero-order valence-electron chi connectivity index (χ0n) is 13.8. The van der Waals surface area contributed by atoms with Gasteiger partial charge in [-0.2, -0.15) is 0 Å². The second-order valence-electron chi connectivity index (χ2n) is 5.56. The third-order valence-corrected chi connectivity index (χ3v) is 5.60. The summed E-state index contributed by atoms with van der Waals surface area (Å²) in [5.41, 5.74) is 7.77. The highest BCUT2D eigenvalue weighted by Gasteiger charge is 2.16. The number of thiophene rings is 1. The van der Waals surface area contributed by atoms with Crippen molar-refractivity contribution >= 4 is 44.6 Å². The van der Waals surface area contributed by atoms with E-state index in [1.165, 1.54) is 22.7 Å². The van der Waals surface area contributed by atoms with Gasteiger partial charge < -0.3 is 11.1 Å². The normalized spacial score (nSPS) is 11.0. The maximum atomic E-state index is 12.4. The summed E-state index contributed by atoms with van der Waals surface area (Å²) >= 11 is 2.75. The molecule has 0 bridgehead atoms. The molecule has 0 spiro atoms. The van der Waals surface area contributed by atoms with E-state index in [2.05, 4.69) is 25.3 Å². The lowest BCUT2D eigenvalue weighted by Gasteiger charge is -2.02. The van der Waals surface area contributed by atoms with Gasteiger partial charge in [-0.05, 0) is 25.1 Å². The predicted octanol–water partition coefficient (Wildman–Crippen LogP) is 3.03. The average molecular weight is 382 g/mol. The Morgan fingerprint density at radius 2 is 2.15 bits per heavy atom. The predicted molar refractivity (Wildman–Crippen MR) is 103 cm³/mol. The van der Waals surface area contributed by atoms with Crippen LogP contribution in [0, 0.1) is 6.92 Å². The third-order valence-electron chi connectivity index (χ3n) is 3.61. The molecule has 0 saturated carbocycles. The molecule has 0 aromatic carbocycles. The van der Waals surface area contributed by atoms with Crippen LogP contribution >= 0.6 is 22.7 Å². The van der Waals surface area contributed by atoms with Gasteiger partial charge in [-0.3, -0.25) is 9.78 Å². The van der Waals surface area contributed by atoms with Crippen molar-refractivity contribution in [1.29, 1.82) is 0 Å². The van der Waals surface area contributed by atoms with Crippen molar-refractivity contribution in [1.82, 2.24) is 25.3 Å². The fourth-order valence-electron chi connectivity index (χ4n) is 2.37. The van der Waals surface area contributed by atoms with Crippen molar-refractivity contribution in [2.24, 2.45) is 0 Å². The van der Waals surface area contributed by atoms with E-state index in [0.717, 1.165) is 11.4 Å². The number of aromatic nitrogens is 4. The Kier molecular flexibility index (Phi) is 4.31. The molecule has 4 aromatic rings. The molecule has 4 aromatic heterocycles. The molecule has 0 atom stereocenters. The Morgan fingerprint density at radius 1 is 1.27 bits per heavy atom. The van der Waals surface area contributed by atoms with Gasteiger partial charge in [0.2, 0.25) is 0 Å². The van der Waals surface area contributed by atoms with Gasteiger partial charge in [0.05, 0.1) is 22.5 Å².